The van der Waals surface area contributed by atoms with E-state index in [1.54, 1.807) is 25.3 Å². The Morgan fingerprint density at radius 3 is 2.55 bits per heavy atom. The number of rotatable bonds is 6. The summed E-state index contributed by atoms with van der Waals surface area (Å²) < 4.78 is 14.1. The Balaban J connectivity index is 1.73. The van der Waals surface area contributed by atoms with Gasteiger partial charge in [-0.15, -0.1) is 11.6 Å². The maximum atomic E-state index is 14.1. The van der Waals surface area contributed by atoms with Gasteiger partial charge in [0.15, 0.2) is 0 Å². The quantitative estimate of drug-likeness (QED) is 0.628. The summed E-state index contributed by atoms with van der Waals surface area (Å²) in [5.41, 5.74) is 4.15. The molecule has 0 saturated carbocycles. The van der Waals surface area contributed by atoms with E-state index in [0.717, 1.165) is 16.7 Å². The number of carbonyl (C=O) groups excluding carboxylic acids is 2. The summed E-state index contributed by atoms with van der Waals surface area (Å²) in [4.78, 5) is 25.3. The standard InChI is InChI=1S/C25H28ClFN2O2/c1-15-8-13-19(16(2)23(15)26)24(30)29-22(25(31)28-3)14-17-9-11-18(12-10-17)20-6-4-5-7-21(20)27/h4-9,11,13,16,22-23H,10,12,14H2,1-3H3,(H,28,31)(H,29,30). The first-order chi connectivity index (χ1) is 14.8. The number of amides is 2. The van der Waals surface area contributed by atoms with Crippen LogP contribution in [0.15, 0.2) is 65.3 Å². The molecule has 4 nitrogen and oxygen atoms in total. The fraction of sp³-hybridized carbons (Fsp3) is 0.360. The highest BCUT2D eigenvalue weighted by molar-refractivity contribution is 6.23. The van der Waals surface area contributed by atoms with Crippen molar-refractivity contribution in [3.05, 3.63) is 76.7 Å². The van der Waals surface area contributed by atoms with Crippen molar-refractivity contribution in [1.29, 1.82) is 0 Å². The maximum Gasteiger partial charge on any atom is 0.248 e. The third-order valence-electron chi connectivity index (χ3n) is 5.94. The van der Waals surface area contributed by atoms with E-state index in [-0.39, 0.29) is 28.9 Å². The predicted molar refractivity (Wildman–Crippen MR) is 123 cm³/mol. The SMILES string of the molecule is CNC(=O)C(CC1=CC=C(c2ccccc2F)CC1)NC(=O)C1=CC=C(C)C(Cl)C1C. The van der Waals surface area contributed by atoms with Gasteiger partial charge >= 0.3 is 0 Å². The van der Waals surface area contributed by atoms with Gasteiger partial charge in [-0.1, -0.05) is 60.6 Å². The van der Waals surface area contributed by atoms with Gasteiger partial charge in [0.05, 0.1) is 5.38 Å². The molecule has 2 aliphatic carbocycles. The minimum atomic E-state index is -0.693. The van der Waals surface area contributed by atoms with Crippen LogP contribution in [0.25, 0.3) is 5.57 Å². The average Bonchev–Trinajstić information content (AvgIpc) is 2.77. The van der Waals surface area contributed by atoms with Crippen LogP contribution in [0.2, 0.25) is 0 Å². The molecule has 6 heteroatoms. The van der Waals surface area contributed by atoms with Crippen LogP contribution in [0, 0.1) is 11.7 Å². The monoisotopic (exact) mass is 442 g/mol. The number of allylic oxidation sites excluding steroid dienone is 6. The highest BCUT2D eigenvalue weighted by Crippen LogP contribution is 2.31. The number of benzene rings is 1. The Labute approximate surface area is 187 Å². The maximum absolute atomic E-state index is 14.1. The minimum Gasteiger partial charge on any atom is -0.357 e. The molecule has 1 aromatic carbocycles. The summed E-state index contributed by atoms with van der Waals surface area (Å²) in [6.45, 7) is 3.85. The molecule has 0 heterocycles. The lowest BCUT2D eigenvalue weighted by molar-refractivity contribution is -0.127. The number of halogens is 2. The van der Waals surface area contributed by atoms with E-state index >= 15 is 0 Å². The topological polar surface area (TPSA) is 58.2 Å². The van der Waals surface area contributed by atoms with Crippen LogP contribution in [-0.2, 0) is 9.59 Å². The van der Waals surface area contributed by atoms with Crippen LogP contribution in [0.4, 0.5) is 4.39 Å². The molecule has 0 radical (unpaired) electrons. The Bertz CT molecular complexity index is 993. The molecule has 0 saturated heterocycles. The third kappa shape index (κ3) is 5.34. The van der Waals surface area contributed by atoms with E-state index in [4.69, 9.17) is 11.6 Å². The van der Waals surface area contributed by atoms with Crippen molar-refractivity contribution in [3.8, 4) is 0 Å². The normalized spacial score (nSPS) is 21.8. The van der Waals surface area contributed by atoms with Gasteiger partial charge in [0.2, 0.25) is 11.8 Å². The molecule has 31 heavy (non-hydrogen) atoms. The fourth-order valence-electron chi connectivity index (χ4n) is 3.98. The molecule has 0 aliphatic heterocycles. The second kappa shape index (κ2) is 10.1. The second-order valence-corrected chi connectivity index (χ2v) is 8.53. The van der Waals surface area contributed by atoms with Crippen molar-refractivity contribution in [2.45, 2.75) is 44.5 Å². The van der Waals surface area contributed by atoms with Gasteiger partial charge < -0.3 is 10.6 Å². The highest BCUT2D eigenvalue weighted by atomic mass is 35.5. The Hall–Kier alpha value is -2.66. The highest BCUT2D eigenvalue weighted by Gasteiger charge is 2.30. The second-order valence-electron chi connectivity index (χ2n) is 8.06. The summed E-state index contributed by atoms with van der Waals surface area (Å²) in [5, 5.41) is 5.26. The van der Waals surface area contributed by atoms with Crippen molar-refractivity contribution in [3.63, 3.8) is 0 Å². The summed E-state index contributed by atoms with van der Waals surface area (Å²) in [5.74, 6) is -0.916. The molecule has 2 aliphatic rings. The average molecular weight is 443 g/mol. The van der Waals surface area contributed by atoms with E-state index in [1.165, 1.54) is 6.07 Å². The van der Waals surface area contributed by atoms with Crippen LogP contribution in [0.1, 0.15) is 38.7 Å². The Kier molecular flexibility index (Phi) is 7.50. The first-order valence-electron chi connectivity index (χ1n) is 10.5. The first kappa shape index (κ1) is 23.0. The van der Waals surface area contributed by atoms with Gasteiger partial charge in [-0.05, 0) is 37.8 Å². The number of nitrogens with one attached hydrogen (secondary N) is 2. The molecule has 164 valence electrons. The van der Waals surface area contributed by atoms with Gasteiger partial charge in [0.25, 0.3) is 0 Å². The lowest BCUT2D eigenvalue weighted by Crippen LogP contribution is -2.47. The van der Waals surface area contributed by atoms with E-state index in [1.807, 2.05) is 38.1 Å². The molecular weight excluding hydrogens is 415 g/mol. The third-order valence-corrected chi connectivity index (χ3v) is 6.66. The number of hydrogen-bond donors (Lipinski definition) is 2. The zero-order valence-electron chi connectivity index (χ0n) is 18.0. The van der Waals surface area contributed by atoms with Crippen molar-refractivity contribution in [1.82, 2.24) is 10.6 Å². The molecule has 3 rings (SSSR count). The zero-order chi connectivity index (χ0) is 22.5. The van der Waals surface area contributed by atoms with E-state index in [9.17, 15) is 14.0 Å². The van der Waals surface area contributed by atoms with Crippen molar-refractivity contribution in [2.75, 3.05) is 7.05 Å². The number of carbonyl (C=O) groups is 2. The lowest BCUT2D eigenvalue weighted by Gasteiger charge is -2.27. The van der Waals surface area contributed by atoms with Gasteiger partial charge in [0.1, 0.15) is 11.9 Å². The Morgan fingerprint density at radius 2 is 1.90 bits per heavy atom. The smallest absolute Gasteiger partial charge is 0.248 e. The van der Waals surface area contributed by atoms with Crippen LogP contribution < -0.4 is 10.6 Å². The summed E-state index contributed by atoms with van der Waals surface area (Å²) >= 11 is 6.40. The molecule has 2 amide bonds. The van der Waals surface area contributed by atoms with Gasteiger partial charge in [-0.25, -0.2) is 4.39 Å². The first-order valence-corrected chi connectivity index (χ1v) is 10.9. The van der Waals surface area contributed by atoms with Crippen molar-refractivity contribution < 1.29 is 14.0 Å². The molecule has 0 fully saturated rings. The van der Waals surface area contributed by atoms with Crippen LogP contribution >= 0.6 is 11.6 Å². The van der Waals surface area contributed by atoms with Crippen LogP contribution in [0.5, 0.6) is 0 Å². The van der Waals surface area contributed by atoms with Crippen molar-refractivity contribution in [2.24, 2.45) is 5.92 Å². The lowest BCUT2D eigenvalue weighted by atomic mass is 9.87. The largest absolute Gasteiger partial charge is 0.357 e. The van der Waals surface area contributed by atoms with Crippen LogP contribution in [-0.4, -0.2) is 30.3 Å². The van der Waals surface area contributed by atoms with E-state index < -0.39 is 6.04 Å². The molecular formula is C25H28ClFN2O2. The Morgan fingerprint density at radius 1 is 1.16 bits per heavy atom. The molecule has 0 spiro atoms. The molecule has 3 unspecified atom stereocenters. The number of likely N-dealkylation sites (N-methyl/N-ethyl adjacent to an activating group) is 1. The molecule has 0 aromatic heterocycles. The summed E-state index contributed by atoms with van der Waals surface area (Å²) in [6.07, 6.45) is 9.23. The van der Waals surface area contributed by atoms with Gasteiger partial charge in [0, 0.05) is 24.1 Å². The van der Waals surface area contributed by atoms with E-state index in [0.29, 0.717) is 30.4 Å². The van der Waals surface area contributed by atoms with Gasteiger partial charge in [-0.2, -0.15) is 0 Å². The predicted octanol–water partition coefficient (Wildman–Crippen LogP) is 4.68. The van der Waals surface area contributed by atoms with Crippen molar-refractivity contribution >= 4 is 29.0 Å². The molecule has 1 aromatic rings. The summed E-state index contributed by atoms with van der Waals surface area (Å²) in [7, 11) is 1.55. The van der Waals surface area contributed by atoms with Gasteiger partial charge in [-0.3, -0.25) is 9.59 Å². The van der Waals surface area contributed by atoms with E-state index in [2.05, 4.69) is 10.6 Å². The number of hydrogen-bond acceptors (Lipinski definition) is 2. The summed E-state index contributed by atoms with van der Waals surface area (Å²) in [6, 6.07) is 6.02. The fourth-order valence-corrected chi connectivity index (χ4v) is 4.19. The van der Waals surface area contributed by atoms with Crippen LogP contribution in [0.3, 0.4) is 0 Å². The number of alkyl halides is 1. The molecule has 3 atom stereocenters. The zero-order valence-corrected chi connectivity index (χ0v) is 18.8. The molecule has 2 N–H and O–H groups in total. The minimum absolute atomic E-state index is 0.142. The molecule has 0 bridgehead atoms.